The van der Waals surface area contributed by atoms with Crippen molar-refractivity contribution in [3.63, 3.8) is 0 Å². The van der Waals surface area contributed by atoms with E-state index < -0.39 is 11.6 Å². The zero-order valence-corrected chi connectivity index (χ0v) is 10.2. The van der Waals surface area contributed by atoms with E-state index in [9.17, 15) is 8.78 Å². The summed E-state index contributed by atoms with van der Waals surface area (Å²) in [7, 11) is 0. The van der Waals surface area contributed by atoms with Crippen LogP contribution in [0.2, 0.25) is 10.0 Å². The van der Waals surface area contributed by atoms with Crippen molar-refractivity contribution >= 4 is 23.2 Å². The number of halogens is 4. The van der Waals surface area contributed by atoms with E-state index in [1.165, 1.54) is 18.2 Å². The van der Waals surface area contributed by atoms with Crippen LogP contribution in [0, 0.1) is 11.6 Å². The molecule has 0 heterocycles. The molecule has 0 amide bonds. The first kappa shape index (κ1) is 12.3. The molecule has 0 aliphatic rings. The van der Waals surface area contributed by atoms with Gasteiger partial charge in [0.2, 0.25) is 0 Å². The predicted octanol–water partition coefficient (Wildman–Crippen LogP) is 4.86. The minimum absolute atomic E-state index is 0.0109. The third-order valence-electron chi connectivity index (χ3n) is 2.44. The van der Waals surface area contributed by atoms with Crippen molar-refractivity contribution in [2.45, 2.75) is 6.42 Å². The Morgan fingerprint density at radius 1 is 0.941 bits per heavy atom. The molecular formula is C13H8Cl2F2. The minimum Gasteiger partial charge on any atom is -0.207 e. The summed E-state index contributed by atoms with van der Waals surface area (Å²) in [5.41, 5.74) is 0.650. The van der Waals surface area contributed by atoms with Gasteiger partial charge in [-0.2, -0.15) is 0 Å². The summed E-state index contributed by atoms with van der Waals surface area (Å²) in [5, 5.41) is 0.896. The topological polar surface area (TPSA) is 0 Å². The second-order valence-electron chi connectivity index (χ2n) is 3.61. The van der Waals surface area contributed by atoms with E-state index in [0.717, 1.165) is 0 Å². The third-order valence-corrected chi connectivity index (χ3v) is 3.03. The maximum Gasteiger partial charge on any atom is 0.129 e. The van der Waals surface area contributed by atoms with Crippen molar-refractivity contribution in [3.8, 4) is 0 Å². The molecule has 0 spiro atoms. The van der Waals surface area contributed by atoms with Crippen LogP contribution in [0.1, 0.15) is 11.1 Å². The summed E-state index contributed by atoms with van der Waals surface area (Å²) in [6.45, 7) is 0. The number of hydrogen-bond donors (Lipinski definition) is 0. The van der Waals surface area contributed by atoms with Gasteiger partial charge in [-0.1, -0.05) is 35.3 Å². The summed E-state index contributed by atoms with van der Waals surface area (Å²) in [5.74, 6) is -1.15. The average molecular weight is 273 g/mol. The molecule has 2 aromatic rings. The summed E-state index contributed by atoms with van der Waals surface area (Å²) < 4.78 is 26.9. The Kier molecular flexibility index (Phi) is 3.65. The van der Waals surface area contributed by atoms with Gasteiger partial charge in [0.05, 0.1) is 0 Å². The van der Waals surface area contributed by atoms with Crippen LogP contribution in [0.5, 0.6) is 0 Å². The average Bonchev–Trinajstić information content (AvgIpc) is 2.26. The van der Waals surface area contributed by atoms with Crippen molar-refractivity contribution in [1.82, 2.24) is 0 Å². The van der Waals surface area contributed by atoms with Crippen LogP contribution in [0.3, 0.4) is 0 Å². The van der Waals surface area contributed by atoms with Gasteiger partial charge in [-0.3, -0.25) is 0 Å². The Hall–Kier alpha value is -1.12. The van der Waals surface area contributed by atoms with Gasteiger partial charge in [0.15, 0.2) is 0 Å². The van der Waals surface area contributed by atoms with Crippen LogP contribution >= 0.6 is 23.2 Å². The molecule has 0 radical (unpaired) electrons. The van der Waals surface area contributed by atoms with Crippen molar-refractivity contribution in [3.05, 3.63) is 69.2 Å². The molecule has 0 N–H and O–H groups in total. The summed E-state index contributed by atoms with van der Waals surface area (Å²) in [4.78, 5) is 0. The van der Waals surface area contributed by atoms with Gasteiger partial charge in [0.25, 0.3) is 0 Å². The summed E-state index contributed by atoms with van der Waals surface area (Å²) in [6.07, 6.45) is 0.106. The van der Waals surface area contributed by atoms with Crippen LogP contribution in [0.15, 0.2) is 36.4 Å². The fraction of sp³-hybridized carbons (Fsp3) is 0.0769. The molecular weight excluding hydrogens is 265 g/mol. The molecule has 0 aromatic heterocycles. The SMILES string of the molecule is Fc1cccc(F)c1Cc1ccc(Cl)cc1Cl. The van der Waals surface area contributed by atoms with Crippen LogP contribution in [0.4, 0.5) is 8.78 Å². The van der Waals surface area contributed by atoms with E-state index in [1.54, 1.807) is 18.2 Å². The van der Waals surface area contributed by atoms with Gasteiger partial charge in [-0.05, 0) is 29.8 Å². The van der Waals surface area contributed by atoms with Gasteiger partial charge in [-0.15, -0.1) is 0 Å². The molecule has 4 heteroatoms. The lowest BCUT2D eigenvalue weighted by atomic mass is 10.0. The van der Waals surface area contributed by atoms with Gasteiger partial charge >= 0.3 is 0 Å². The highest BCUT2D eigenvalue weighted by molar-refractivity contribution is 6.35. The second-order valence-corrected chi connectivity index (χ2v) is 4.46. The molecule has 0 fully saturated rings. The molecule has 0 atom stereocenters. The number of benzene rings is 2. The Balaban J connectivity index is 2.38. The molecule has 2 aromatic carbocycles. The molecule has 0 aliphatic heterocycles. The van der Waals surface area contributed by atoms with Crippen LogP contribution < -0.4 is 0 Å². The van der Waals surface area contributed by atoms with Gasteiger partial charge in [0.1, 0.15) is 11.6 Å². The van der Waals surface area contributed by atoms with Crippen molar-refractivity contribution in [2.24, 2.45) is 0 Å². The van der Waals surface area contributed by atoms with Gasteiger partial charge in [-0.25, -0.2) is 8.78 Å². The van der Waals surface area contributed by atoms with E-state index in [-0.39, 0.29) is 12.0 Å². The molecule has 0 unspecified atom stereocenters. The summed E-state index contributed by atoms with van der Waals surface area (Å²) in [6, 6.07) is 8.64. The molecule has 17 heavy (non-hydrogen) atoms. The second kappa shape index (κ2) is 5.03. The van der Waals surface area contributed by atoms with Crippen LogP contribution in [-0.2, 0) is 6.42 Å². The Bertz CT molecular complexity index is 533. The number of hydrogen-bond acceptors (Lipinski definition) is 0. The fourth-order valence-electron chi connectivity index (χ4n) is 1.56. The monoisotopic (exact) mass is 272 g/mol. The van der Waals surface area contributed by atoms with E-state index in [0.29, 0.717) is 15.6 Å². The Labute approximate surface area is 108 Å². The first-order valence-electron chi connectivity index (χ1n) is 4.95. The quantitative estimate of drug-likeness (QED) is 0.732. The molecule has 0 saturated heterocycles. The minimum atomic E-state index is -0.573. The zero-order valence-electron chi connectivity index (χ0n) is 8.68. The maximum absolute atomic E-state index is 13.4. The lowest BCUT2D eigenvalue weighted by molar-refractivity contribution is 0.561. The molecule has 88 valence electrons. The third kappa shape index (κ3) is 2.76. The lowest BCUT2D eigenvalue weighted by Crippen LogP contribution is -1.97. The van der Waals surface area contributed by atoms with Crippen molar-refractivity contribution in [1.29, 1.82) is 0 Å². The van der Waals surface area contributed by atoms with Crippen molar-refractivity contribution in [2.75, 3.05) is 0 Å². The first-order valence-corrected chi connectivity index (χ1v) is 5.70. The van der Waals surface area contributed by atoms with Gasteiger partial charge in [0, 0.05) is 22.0 Å². The van der Waals surface area contributed by atoms with Crippen molar-refractivity contribution < 1.29 is 8.78 Å². The van der Waals surface area contributed by atoms with E-state index in [4.69, 9.17) is 23.2 Å². The number of rotatable bonds is 2. The smallest absolute Gasteiger partial charge is 0.129 e. The predicted molar refractivity (Wildman–Crippen MR) is 65.6 cm³/mol. The highest BCUT2D eigenvalue weighted by atomic mass is 35.5. The molecule has 0 saturated carbocycles. The molecule has 0 nitrogen and oxygen atoms in total. The summed E-state index contributed by atoms with van der Waals surface area (Å²) >= 11 is 11.7. The van der Waals surface area contributed by atoms with Crippen LogP contribution in [0.25, 0.3) is 0 Å². The van der Waals surface area contributed by atoms with E-state index in [2.05, 4.69) is 0 Å². The maximum atomic E-state index is 13.4. The van der Waals surface area contributed by atoms with Gasteiger partial charge < -0.3 is 0 Å². The van der Waals surface area contributed by atoms with Crippen LogP contribution in [-0.4, -0.2) is 0 Å². The Morgan fingerprint density at radius 3 is 2.18 bits per heavy atom. The normalized spacial score (nSPS) is 10.6. The van der Waals surface area contributed by atoms with E-state index >= 15 is 0 Å². The highest BCUT2D eigenvalue weighted by Gasteiger charge is 2.11. The highest BCUT2D eigenvalue weighted by Crippen LogP contribution is 2.25. The lowest BCUT2D eigenvalue weighted by Gasteiger charge is -2.07. The molecule has 0 bridgehead atoms. The molecule has 0 aliphatic carbocycles. The Morgan fingerprint density at radius 2 is 1.59 bits per heavy atom. The standard InChI is InChI=1S/C13H8Cl2F2/c14-9-5-4-8(11(15)7-9)6-10-12(16)2-1-3-13(10)17/h1-5,7H,6H2. The molecule has 2 rings (SSSR count). The first-order chi connectivity index (χ1) is 8.08. The zero-order chi connectivity index (χ0) is 12.4. The fourth-order valence-corrected chi connectivity index (χ4v) is 2.03. The van der Waals surface area contributed by atoms with E-state index in [1.807, 2.05) is 0 Å². The largest absolute Gasteiger partial charge is 0.207 e.